The van der Waals surface area contributed by atoms with Gasteiger partial charge in [-0.1, -0.05) is 23.4 Å². The van der Waals surface area contributed by atoms with Gasteiger partial charge in [0.15, 0.2) is 5.16 Å². The average molecular weight is 254 g/mol. The lowest BCUT2D eigenvalue weighted by molar-refractivity contribution is 0.973. The molecule has 0 fully saturated rings. The van der Waals surface area contributed by atoms with Crippen LogP contribution in [0.15, 0.2) is 34.6 Å². The van der Waals surface area contributed by atoms with Crippen LogP contribution in [0.4, 0.5) is 0 Å². The van der Waals surface area contributed by atoms with Crippen molar-refractivity contribution >= 4 is 29.2 Å². The number of H-pyrrole nitrogens is 1. The third-order valence-electron chi connectivity index (χ3n) is 1.84. The van der Waals surface area contributed by atoms with E-state index < -0.39 is 0 Å². The zero-order chi connectivity index (χ0) is 11.5. The summed E-state index contributed by atoms with van der Waals surface area (Å²) in [6, 6.07) is 5.28. The maximum Gasteiger partial charge on any atom is 0.188 e. The molecule has 7 heteroatoms. The van der Waals surface area contributed by atoms with Crippen LogP contribution in [0.2, 0.25) is 5.02 Å². The molecule has 2 rings (SSSR count). The van der Waals surface area contributed by atoms with Gasteiger partial charge in [0.1, 0.15) is 12.2 Å². The van der Waals surface area contributed by atoms with Crippen molar-refractivity contribution in [2.75, 3.05) is 0 Å². The van der Waals surface area contributed by atoms with Crippen LogP contribution in [0, 0.1) is 5.41 Å². The van der Waals surface area contributed by atoms with Crippen molar-refractivity contribution in [2.45, 2.75) is 10.1 Å². The molecule has 0 spiro atoms. The first kappa shape index (κ1) is 11.0. The Morgan fingerprint density at radius 1 is 1.50 bits per heavy atom. The molecule has 1 heterocycles. The molecule has 4 N–H and O–H groups in total. The number of benzene rings is 1. The Hall–Kier alpha value is -1.53. The molecule has 0 radical (unpaired) electrons. The van der Waals surface area contributed by atoms with Crippen LogP contribution < -0.4 is 5.73 Å². The normalized spacial score (nSPS) is 10.3. The first-order chi connectivity index (χ1) is 7.66. The Balaban J connectivity index is 2.24. The van der Waals surface area contributed by atoms with E-state index in [0.29, 0.717) is 15.7 Å². The number of nitrogen functional groups attached to an aromatic ring is 1. The van der Waals surface area contributed by atoms with Gasteiger partial charge in [-0.15, -0.1) is 0 Å². The van der Waals surface area contributed by atoms with Crippen molar-refractivity contribution in [1.29, 1.82) is 5.41 Å². The zero-order valence-corrected chi connectivity index (χ0v) is 9.64. The van der Waals surface area contributed by atoms with E-state index in [-0.39, 0.29) is 5.84 Å². The lowest BCUT2D eigenvalue weighted by Crippen LogP contribution is -2.11. The third-order valence-corrected chi connectivity index (χ3v) is 3.03. The maximum absolute atomic E-state index is 7.30. The van der Waals surface area contributed by atoms with E-state index in [2.05, 4.69) is 15.2 Å². The topological polar surface area (TPSA) is 91.4 Å². The molecule has 0 saturated heterocycles. The summed E-state index contributed by atoms with van der Waals surface area (Å²) in [5, 5.41) is 14.9. The number of hydrogen-bond donors (Lipinski definition) is 3. The van der Waals surface area contributed by atoms with E-state index >= 15 is 0 Å². The smallest absolute Gasteiger partial charge is 0.188 e. The van der Waals surface area contributed by atoms with E-state index in [1.165, 1.54) is 18.1 Å². The van der Waals surface area contributed by atoms with Crippen molar-refractivity contribution in [3.05, 3.63) is 35.1 Å². The highest BCUT2D eigenvalue weighted by Crippen LogP contribution is 2.28. The summed E-state index contributed by atoms with van der Waals surface area (Å²) >= 11 is 7.39. The summed E-state index contributed by atoms with van der Waals surface area (Å²) in [7, 11) is 0. The fourth-order valence-electron chi connectivity index (χ4n) is 1.13. The number of nitrogens with zero attached hydrogens (tertiary/aromatic N) is 2. The van der Waals surface area contributed by atoms with Crippen molar-refractivity contribution < 1.29 is 0 Å². The molecule has 0 bridgehead atoms. The van der Waals surface area contributed by atoms with Gasteiger partial charge in [0.2, 0.25) is 0 Å². The highest BCUT2D eigenvalue weighted by atomic mass is 35.5. The monoisotopic (exact) mass is 253 g/mol. The van der Waals surface area contributed by atoms with Crippen LogP contribution in [0.1, 0.15) is 5.56 Å². The summed E-state index contributed by atoms with van der Waals surface area (Å²) in [6.07, 6.45) is 1.44. The van der Waals surface area contributed by atoms with E-state index in [1.807, 2.05) is 6.07 Å². The predicted octanol–water partition coefficient (Wildman–Crippen LogP) is 1.89. The number of rotatable bonds is 3. The summed E-state index contributed by atoms with van der Waals surface area (Å²) in [5.41, 5.74) is 5.90. The number of aromatic amines is 1. The quantitative estimate of drug-likeness (QED) is 0.575. The fourth-order valence-corrected chi connectivity index (χ4v) is 2.21. The number of halogens is 1. The number of amidine groups is 1. The van der Waals surface area contributed by atoms with Crippen LogP contribution >= 0.6 is 23.4 Å². The molecule has 5 nitrogen and oxygen atoms in total. The maximum atomic E-state index is 7.30. The SMILES string of the molecule is N=C(N)c1ccc(Sc2ncn[nH]2)cc1Cl. The molecular weight excluding hydrogens is 246 g/mol. The highest BCUT2D eigenvalue weighted by molar-refractivity contribution is 7.99. The van der Waals surface area contributed by atoms with E-state index in [4.69, 9.17) is 22.7 Å². The molecule has 82 valence electrons. The molecule has 0 saturated carbocycles. The second-order valence-electron chi connectivity index (χ2n) is 2.95. The van der Waals surface area contributed by atoms with Gasteiger partial charge in [0.05, 0.1) is 5.02 Å². The second kappa shape index (κ2) is 4.54. The first-order valence-corrected chi connectivity index (χ1v) is 5.53. The van der Waals surface area contributed by atoms with Gasteiger partial charge in [0.25, 0.3) is 0 Å². The van der Waals surface area contributed by atoms with Crippen LogP contribution in [0.5, 0.6) is 0 Å². The van der Waals surface area contributed by atoms with Gasteiger partial charge in [-0.25, -0.2) is 4.98 Å². The number of nitrogens with two attached hydrogens (primary N) is 1. The molecule has 2 aromatic rings. The minimum absolute atomic E-state index is 0.0405. The minimum atomic E-state index is -0.0405. The lowest BCUT2D eigenvalue weighted by Gasteiger charge is -2.03. The van der Waals surface area contributed by atoms with E-state index in [1.54, 1.807) is 12.1 Å². The van der Waals surface area contributed by atoms with Gasteiger partial charge < -0.3 is 5.73 Å². The summed E-state index contributed by atoms with van der Waals surface area (Å²) in [6.45, 7) is 0. The molecule has 0 atom stereocenters. The Labute approximate surface area is 101 Å². The predicted molar refractivity (Wildman–Crippen MR) is 63.0 cm³/mol. The molecule has 0 aliphatic rings. The van der Waals surface area contributed by atoms with Crippen LogP contribution in [-0.2, 0) is 0 Å². The Morgan fingerprint density at radius 3 is 2.88 bits per heavy atom. The van der Waals surface area contributed by atoms with Gasteiger partial charge in [-0.05, 0) is 18.2 Å². The molecule has 0 amide bonds. The molecule has 0 aliphatic heterocycles. The van der Waals surface area contributed by atoms with Crippen molar-refractivity contribution in [1.82, 2.24) is 15.2 Å². The van der Waals surface area contributed by atoms with Crippen LogP contribution in [0.25, 0.3) is 0 Å². The fraction of sp³-hybridized carbons (Fsp3) is 0. The van der Waals surface area contributed by atoms with Crippen molar-refractivity contribution in [3.63, 3.8) is 0 Å². The summed E-state index contributed by atoms with van der Waals surface area (Å²) < 4.78 is 0. The van der Waals surface area contributed by atoms with Crippen LogP contribution in [0.3, 0.4) is 0 Å². The lowest BCUT2D eigenvalue weighted by atomic mass is 10.2. The standard InChI is InChI=1S/C9H8ClN5S/c10-7-3-5(1-2-6(7)8(11)12)16-9-13-4-14-15-9/h1-4H,(H3,11,12)(H,13,14,15). The molecule has 1 aromatic carbocycles. The Bertz CT molecular complexity index is 511. The van der Waals surface area contributed by atoms with E-state index in [9.17, 15) is 0 Å². The van der Waals surface area contributed by atoms with Gasteiger partial charge in [-0.2, -0.15) is 5.10 Å². The molecule has 0 unspecified atom stereocenters. The number of nitrogens with one attached hydrogen (secondary N) is 2. The molecule has 0 aliphatic carbocycles. The molecular formula is C9H8ClN5S. The second-order valence-corrected chi connectivity index (χ2v) is 4.42. The van der Waals surface area contributed by atoms with Gasteiger partial charge in [0, 0.05) is 10.5 Å². The zero-order valence-electron chi connectivity index (χ0n) is 8.07. The summed E-state index contributed by atoms with van der Waals surface area (Å²) in [4.78, 5) is 4.89. The first-order valence-electron chi connectivity index (χ1n) is 4.34. The average Bonchev–Trinajstić information content (AvgIpc) is 2.70. The largest absolute Gasteiger partial charge is 0.384 e. The van der Waals surface area contributed by atoms with E-state index in [0.717, 1.165) is 4.90 Å². The number of aromatic nitrogens is 3. The molecule has 16 heavy (non-hydrogen) atoms. The third kappa shape index (κ3) is 2.34. The Kier molecular flexibility index (Phi) is 3.12. The van der Waals surface area contributed by atoms with Crippen molar-refractivity contribution in [3.8, 4) is 0 Å². The van der Waals surface area contributed by atoms with Crippen molar-refractivity contribution in [2.24, 2.45) is 5.73 Å². The van der Waals surface area contributed by atoms with Gasteiger partial charge in [-0.3, -0.25) is 10.5 Å². The summed E-state index contributed by atoms with van der Waals surface area (Å²) in [5.74, 6) is -0.0405. The molecule has 1 aromatic heterocycles. The highest BCUT2D eigenvalue weighted by Gasteiger charge is 2.06. The van der Waals surface area contributed by atoms with Crippen LogP contribution in [-0.4, -0.2) is 21.0 Å². The minimum Gasteiger partial charge on any atom is -0.384 e. The van der Waals surface area contributed by atoms with Gasteiger partial charge >= 0.3 is 0 Å². The Morgan fingerprint density at radius 2 is 2.31 bits per heavy atom. The number of hydrogen-bond acceptors (Lipinski definition) is 4.